The highest BCUT2D eigenvalue weighted by molar-refractivity contribution is 5.11. The summed E-state index contributed by atoms with van der Waals surface area (Å²) >= 11 is 0. The first-order chi connectivity index (χ1) is 6.29. The van der Waals surface area contributed by atoms with Crippen molar-refractivity contribution < 1.29 is 5.11 Å². The van der Waals surface area contributed by atoms with Crippen molar-refractivity contribution in [2.24, 2.45) is 5.92 Å². The van der Waals surface area contributed by atoms with Crippen LogP contribution in [0.25, 0.3) is 0 Å². The van der Waals surface area contributed by atoms with E-state index in [2.05, 4.69) is 19.9 Å². The molecule has 76 valence electrons. The van der Waals surface area contributed by atoms with Crippen LogP contribution < -0.4 is 0 Å². The third-order valence-electron chi connectivity index (χ3n) is 2.68. The third kappa shape index (κ3) is 3.51. The molecule has 1 N–H and O–H groups in total. The van der Waals surface area contributed by atoms with Crippen molar-refractivity contribution in [1.29, 1.82) is 0 Å². The summed E-state index contributed by atoms with van der Waals surface area (Å²) in [6, 6.07) is 0. The smallest absolute Gasteiger partial charge is 0.0778 e. The molecule has 1 nitrogen and oxygen atoms in total. The van der Waals surface area contributed by atoms with Gasteiger partial charge >= 0.3 is 0 Å². The molecule has 0 bridgehead atoms. The molecule has 1 heteroatoms. The van der Waals surface area contributed by atoms with Gasteiger partial charge in [0.25, 0.3) is 0 Å². The van der Waals surface area contributed by atoms with Crippen LogP contribution in [0, 0.1) is 5.92 Å². The van der Waals surface area contributed by atoms with Crippen molar-refractivity contribution in [1.82, 2.24) is 0 Å². The van der Waals surface area contributed by atoms with E-state index in [1.54, 1.807) is 0 Å². The Kier molecular flexibility index (Phi) is 4.51. The molecule has 0 aromatic carbocycles. The van der Waals surface area contributed by atoms with Crippen LogP contribution in [-0.2, 0) is 0 Å². The molecule has 1 atom stereocenters. The van der Waals surface area contributed by atoms with Gasteiger partial charge in [-0.2, -0.15) is 0 Å². The Bertz CT molecular complexity index is 168. The normalized spacial score (nSPS) is 20.4. The lowest BCUT2D eigenvalue weighted by Gasteiger charge is -2.13. The number of hydrogen-bond donors (Lipinski definition) is 1. The van der Waals surface area contributed by atoms with Crippen molar-refractivity contribution >= 4 is 0 Å². The molecule has 1 unspecified atom stereocenters. The van der Waals surface area contributed by atoms with Crippen LogP contribution in [0.1, 0.15) is 52.4 Å². The van der Waals surface area contributed by atoms with E-state index in [0.717, 1.165) is 19.3 Å². The molecule has 0 saturated heterocycles. The summed E-state index contributed by atoms with van der Waals surface area (Å²) in [5, 5.41) is 9.94. The summed E-state index contributed by atoms with van der Waals surface area (Å²) in [5.74, 6) is 0.592. The largest absolute Gasteiger partial charge is 0.388 e. The van der Waals surface area contributed by atoms with Crippen molar-refractivity contribution in [3.8, 4) is 0 Å². The topological polar surface area (TPSA) is 20.2 Å². The van der Waals surface area contributed by atoms with Crippen molar-refractivity contribution in [2.75, 3.05) is 0 Å². The van der Waals surface area contributed by atoms with Gasteiger partial charge in [0.1, 0.15) is 0 Å². The highest BCUT2D eigenvalue weighted by atomic mass is 16.3. The molecule has 0 spiro atoms. The predicted molar refractivity (Wildman–Crippen MR) is 56.6 cm³/mol. The molecule has 0 aromatic rings. The number of aliphatic hydroxyl groups is 1. The SMILES string of the molecule is CCC/C=C(\CCC)C(O)C1CC1. The molecule has 1 aliphatic carbocycles. The molecule has 1 fully saturated rings. The Labute approximate surface area is 81.9 Å². The van der Waals surface area contributed by atoms with Gasteiger partial charge < -0.3 is 5.11 Å². The van der Waals surface area contributed by atoms with Crippen LogP contribution in [0.4, 0.5) is 0 Å². The molecule has 1 rings (SSSR count). The first kappa shape index (κ1) is 10.8. The molecular formula is C12H22O. The Morgan fingerprint density at radius 1 is 1.38 bits per heavy atom. The number of rotatable bonds is 6. The first-order valence-corrected chi connectivity index (χ1v) is 5.66. The minimum absolute atomic E-state index is 0.119. The summed E-state index contributed by atoms with van der Waals surface area (Å²) < 4.78 is 0. The third-order valence-corrected chi connectivity index (χ3v) is 2.68. The van der Waals surface area contributed by atoms with Crippen LogP contribution in [0.3, 0.4) is 0 Å². The molecule has 0 heterocycles. The van der Waals surface area contributed by atoms with Crippen LogP contribution in [0.2, 0.25) is 0 Å². The van der Waals surface area contributed by atoms with Gasteiger partial charge in [0, 0.05) is 0 Å². The van der Waals surface area contributed by atoms with Crippen molar-refractivity contribution in [2.45, 2.75) is 58.5 Å². The lowest BCUT2D eigenvalue weighted by Crippen LogP contribution is -2.12. The van der Waals surface area contributed by atoms with Gasteiger partial charge in [-0.05, 0) is 37.2 Å². The van der Waals surface area contributed by atoms with Gasteiger partial charge in [0.05, 0.1) is 6.10 Å². The highest BCUT2D eigenvalue weighted by Crippen LogP contribution is 2.36. The monoisotopic (exact) mass is 182 g/mol. The Morgan fingerprint density at radius 2 is 2.08 bits per heavy atom. The van der Waals surface area contributed by atoms with E-state index in [1.807, 2.05) is 0 Å². The van der Waals surface area contributed by atoms with Gasteiger partial charge in [-0.25, -0.2) is 0 Å². The minimum Gasteiger partial charge on any atom is -0.388 e. The maximum absolute atomic E-state index is 9.94. The van der Waals surface area contributed by atoms with Gasteiger partial charge in [0.2, 0.25) is 0 Å². The summed E-state index contributed by atoms with van der Waals surface area (Å²) in [7, 11) is 0. The van der Waals surface area contributed by atoms with Gasteiger partial charge in [-0.15, -0.1) is 0 Å². The first-order valence-electron chi connectivity index (χ1n) is 5.66. The second-order valence-electron chi connectivity index (χ2n) is 4.10. The fourth-order valence-electron chi connectivity index (χ4n) is 1.70. The average Bonchev–Trinajstić information content (AvgIpc) is 2.94. The Hall–Kier alpha value is -0.300. The second-order valence-corrected chi connectivity index (χ2v) is 4.10. The van der Waals surface area contributed by atoms with E-state index in [1.165, 1.54) is 24.8 Å². The minimum atomic E-state index is -0.119. The average molecular weight is 182 g/mol. The summed E-state index contributed by atoms with van der Waals surface area (Å²) in [5.41, 5.74) is 1.30. The van der Waals surface area contributed by atoms with Gasteiger partial charge in [-0.1, -0.05) is 32.8 Å². The van der Waals surface area contributed by atoms with Crippen LogP contribution in [-0.4, -0.2) is 11.2 Å². The van der Waals surface area contributed by atoms with Crippen molar-refractivity contribution in [3.63, 3.8) is 0 Å². The van der Waals surface area contributed by atoms with E-state index in [4.69, 9.17) is 0 Å². The lowest BCUT2D eigenvalue weighted by molar-refractivity contribution is 0.182. The molecule has 13 heavy (non-hydrogen) atoms. The molecular weight excluding hydrogens is 160 g/mol. The van der Waals surface area contributed by atoms with Crippen LogP contribution in [0.15, 0.2) is 11.6 Å². The van der Waals surface area contributed by atoms with Crippen molar-refractivity contribution in [3.05, 3.63) is 11.6 Å². The molecule has 0 aromatic heterocycles. The Balaban J connectivity index is 2.43. The molecule has 1 saturated carbocycles. The molecule has 1 aliphatic rings. The van der Waals surface area contributed by atoms with Crippen LogP contribution >= 0.6 is 0 Å². The zero-order chi connectivity index (χ0) is 9.68. The van der Waals surface area contributed by atoms with E-state index < -0.39 is 0 Å². The van der Waals surface area contributed by atoms with E-state index in [-0.39, 0.29) is 6.10 Å². The Morgan fingerprint density at radius 3 is 2.54 bits per heavy atom. The number of hydrogen-bond acceptors (Lipinski definition) is 1. The summed E-state index contributed by atoms with van der Waals surface area (Å²) in [6.07, 6.45) is 9.14. The maximum atomic E-state index is 9.94. The zero-order valence-corrected chi connectivity index (χ0v) is 8.92. The quantitative estimate of drug-likeness (QED) is 0.625. The number of aliphatic hydroxyl groups excluding tert-OH is 1. The second kappa shape index (κ2) is 5.43. The summed E-state index contributed by atoms with van der Waals surface area (Å²) in [4.78, 5) is 0. The fraction of sp³-hybridized carbons (Fsp3) is 0.833. The van der Waals surface area contributed by atoms with E-state index in [0.29, 0.717) is 5.92 Å². The number of allylic oxidation sites excluding steroid dienone is 1. The predicted octanol–water partition coefficient (Wildman–Crippen LogP) is 3.28. The van der Waals surface area contributed by atoms with E-state index >= 15 is 0 Å². The van der Waals surface area contributed by atoms with Gasteiger partial charge in [0.15, 0.2) is 0 Å². The number of unbranched alkanes of at least 4 members (excludes halogenated alkanes) is 1. The molecule has 0 radical (unpaired) electrons. The summed E-state index contributed by atoms with van der Waals surface area (Å²) in [6.45, 7) is 4.36. The molecule has 0 aliphatic heterocycles. The van der Waals surface area contributed by atoms with Gasteiger partial charge in [-0.3, -0.25) is 0 Å². The fourth-order valence-corrected chi connectivity index (χ4v) is 1.70. The lowest BCUT2D eigenvalue weighted by atomic mass is 9.99. The highest BCUT2D eigenvalue weighted by Gasteiger charge is 2.31. The zero-order valence-electron chi connectivity index (χ0n) is 8.92. The standard InChI is InChI=1S/C12H22O/c1-3-5-7-10(6-4-2)12(13)11-8-9-11/h7,11-13H,3-6,8-9H2,1-2H3/b10-7+. The maximum Gasteiger partial charge on any atom is 0.0778 e. The van der Waals surface area contributed by atoms with E-state index in [9.17, 15) is 5.11 Å². The molecule has 0 amide bonds. The van der Waals surface area contributed by atoms with Crippen LogP contribution in [0.5, 0.6) is 0 Å².